The first kappa shape index (κ1) is 13.9. The average molecular weight is 326 g/mol. The first-order valence-corrected chi connectivity index (χ1v) is 8.20. The second-order valence-corrected chi connectivity index (χ2v) is 6.30. The van der Waals surface area contributed by atoms with E-state index in [2.05, 4.69) is 27.4 Å². The lowest BCUT2D eigenvalue weighted by molar-refractivity contribution is 0.642. The Bertz CT molecular complexity index is 1130. The molecule has 1 aliphatic rings. The van der Waals surface area contributed by atoms with Crippen LogP contribution in [-0.2, 0) is 0 Å². The summed E-state index contributed by atoms with van der Waals surface area (Å²) in [5.74, 6) is 0. The summed E-state index contributed by atoms with van der Waals surface area (Å²) in [5.41, 5.74) is 5.28. The van der Waals surface area contributed by atoms with Crippen molar-refractivity contribution in [3.8, 4) is 28.3 Å². The number of rotatable bonds is 3. The van der Waals surface area contributed by atoms with Gasteiger partial charge in [0.25, 0.3) is 0 Å². The predicted octanol–water partition coefficient (Wildman–Crippen LogP) is 3.47. The number of nitriles is 1. The van der Waals surface area contributed by atoms with Crippen LogP contribution in [0.5, 0.6) is 0 Å². The second-order valence-electron chi connectivity index (χ2n) is 6.30. The van der Waals surface area contributed by atoms with Crippen molar-refractivity contribution < 1.29 is 0 Å². The fourth-order valence-corrected chi connectivity index (χ4v) is 3.01. The molecule has 0 N–H and O–H groups in total. The molecule has 6 heteroatoms. The Morgan fingerprint density at radius 1 is 1.00 bits per heavy atom. The maximum Gasteiger partial charge on any atom is 0.162 e. The van der Waals surface area contributed by atoms with Crippen LogP contribution in [-0.4, -0.2) is 24.4 Å². The van der Waals surface area contributed by atoms with Gasteiger partial charge in [-0.3, -0.25) is 4.68 Å². The monoisotopic (exact) mass is 326 g/mol. The lowest BCUT2D eigenvalue weighted by Crippen LogP contribution is -1.93. The molecule has 0 saturated heterocycles. The van der Waals surface area contributed by atoms with Crippen LogP contribution in [0.4, 0.5) is 0 Å². The number of aromatic nitrogens is 5. The molecule has 25 heavy (non-hydrogen) atoms. The minimum absolute atomic E-state index is 0.564. The zero-order valence-electron chi connectivity index (χ0n) is 13.4. The van der Waals surface area contributed by atoms with E-state index in [9.17, 15) is 0 Å². The summed E-state index contributed by atoms with van der Waals surface area (Å²) < 4.78 is 3.81. The molecule has 5 rings (SSSR count). The summed E-state index contributed by atoms with van der Waals surface area (Å²) in [6.07, 6.45) is 12.0. The summed E-state index contributed by atoms with van der Waals surface area (Å²) in [7, 11) is 0. The van der Waals surface area contributed by atoms with Crippen LogP contribution in [0, 0.1) is 11.3 Å². The van der Waals surface area contributed by atoms with Crippen LogP contribution in [0.25, 0.3) is 27.9 Å². The third kappa shape index (κ3) is 2.37. The molecule has 0 unspecified atom stereocenters. The molecule has 0 bridgehead atoms. The van der Waals surface area contributed by atoms with Crippen LogP contribution in [0.3, 0.4) is 0 Å². The minimum atomic E-state index is 0.564. The standard InChI is InChI=1S/C19H14N6/c20-7-13-2-1-3-14(6-13)18-10-23-25-12-15(8-21-19(18)25)16-9-22-24(11-16)17-4-5-17/h1-3,6,8-12,17H,4-5H2. The third-order valence-electron chi connectivity index (χ3n) is 4.51. The van der Waals surface area contributed by atoms with Crippen molar-refractivity contribution in [3.63, 3.8) is 0 Å². The highest BCUT2D eigenvalue weighted by molar-refractivity contribution is 5.78. The number of hydrogen-bond donors (Lipinski definition) is 0. The molecule has 1 saturated carbocycles. The Kier molecular flexibility index (Phi) is 2.94. The van der Waals surface area contributed by atoms with Crippen molar-refractivity contribution in [3.05, 3.63) is 60.8 Å². The van der Waals surface area contributed by atoms with Gasteiger partial charge in [0.2, 0.25) is 0 Å². The summed E-state index contributed by atoms with van der Waals surface area (Å²) >= 11 is 0. The molecular weight excluding hydrogens is 312 g/mol. The molecule has 0 radical (unpaired) electrons. The van der Waals surface area contributed by atoms with Crippen LogP contribution in [0.15, 0.2) is 55.2 Å². The molecule has 120 valence electrons. The molecule has 0 spiro atoms. The van der Waals surface area contributed by atoms with Gasteiger partial charge >= 0.3 is 0 Å². The molecule has 0 atom stereocenters. The van der Waals surface area contributed by atoms with Crippen molar-refractivity contribution >= 4 is 5.65 Å². The van der Waals surface area contributed by atoms with E-state index in [1.807, 2.05) is 41.5 Å². The van der Waals surface area contributed by atoms with Gasteiger partial charge in [-0.25, -0.2) is 9.50 Å². The average Bonchev–Trinajstić information content (AvgIpc) is 3.24. The van der Waals surface area contributed by atoms with Gasteiger partial charge < -0.3 is 0 Å². The Morgan fingerprint density at radius 3 is 2.72 bits per heavy atom. The number of nitrogens with zero attached hydrogens (tertiary/aromatic N) is 6. The Morgan fingerprint density at radius 2 is 1.88 bits per heavy atom. The number of benzene rings is 1. The number of hydrogen-bond acceptors (Lipinski definition) is 4. The van der Waals surface area contributed by atoms with E-state index in [0.717, 1.165) is 27.9 Å². The van der Waals surface area contributed by atoms with E-state index in [4.69, 9.17) is 5.26 Å². The van der Waals surface area contributed by atoms with Crippen LogP contribution >= 0.6 is 0 Å². The maximum absolute atomic E-state index is 9.09. The van der Waals surface area contributed by atoms with Crippen molar-refractivity contribution in [2.24, 2.45) is 0 Å². The van der Waals surface area contributed by atoms with Gasteiger partial charge in [0.1, 0.15) is 0 Å². The zero-order chi connectivity index (χ0) is 16.8. The molecule has 6 nitrogen and oxygen atoms in total. The normalized spacial score (nSPS) is 13.9. The molecule has 1 fully saturated rings. The van der Waals surface area contributed by atoms with Crippen LogP contribution in [0.1, 0.15) is 24.4 Å². The van der Waals surface area contributed by atoms with Gasteiger partial charge in [0.15, 0.2) is 5.65 Å². The van der Waals surface area contributed by atoms with Gasteiger partial charge in [-0.05, 0) is 30.5 Å². The van der Waals surface area contributed by atoms with E-state index < -0.39 is 0 Å². The van der Waals surface area contributed by atoms with E-state index in [-0.39, 0.29) is 0 Å². The highest BCUT2D eigenvalue weighted by Crippen LogP contribution is 2.35. The molecule has 3 heterocycles. The molecule has 0 aliphatic heterocycles. The summed E-state index contributed by atoms with van der Waals surface area (Å²) in [6.45, 7) is 0. The van der Waals surface area contributed by atoms with Crippen molar-refractivity contribution in [1.29, 1.82) is 5.26 Å². The van der Waals surface area contributed by atoms with Crippen molar-refractivity contribution in [1.82, 2.24) is 24.4 Å². The molecule has 1 aliphatic carbocycles. The molecule has 1 aromatic carbocycles. The molecule has 3 aromatic heterocycles. The number of fused-ring (bicyclic) bond motifs is 1. The molecule has 4 aromatic rings. The SMILES string of the molecule is N#Cc1cccc(-c2cnn3cc(-c4cnn(C5CC5)c4)cnc23)c1. The quantitative estimate of drug-likeness (QED) is 0.578. The largest absolute Gasteiger partial charge is 0.269 e. The lowest BCUT2D eigenvalue weighted by atomic mass is 10.1. The summed E-state index contributed by atoms with van der Waals surface area (Å²) in [6, 6.07) is 10.2. The van der Waals surface area contributed by atoms with Gasteiger partial charge in [0, 0.05) is 35.3 Å². The fraction of sp³-hybridized carbons (Fsp3) is 0.158. The topological polar surface area (TPSA) is 71.8 Å². The van der Waals surface area contributed by atoms with Gasteiger partial charge in [-0.1, -0.05) is 12.1 Å². The first-order chi connectivity index (χ1) is 12.3. The van der Waals surface area contributed by atoms with E-state index in [1.165, 1.54) is 12.8 Å². The smallest absolute Gasteiger partial charge is 0.162 e. The van der Waals surface area contributed by atoms with Crippen molar-refractivity contribution in [2.75, 3.05) is 0 Å². The summed E-state index contributed by atoms with van der Waals surface area (Å²) in [4.78, 5) is 4.60. The fourth-order valence-electron chi connectivity index (χ4n) is 3.01. The van der Waals surface area contributed by atoms with Gasteiger partial charge in [-0.15, -0.1) is 0 Å². The second kappa shape index (κ2) is 5.28. The highest BCUT2D eigenvalue weighted by Gasteiger charge is 2.24. The molecular formula is C19H14N6. The Hall–Kier alpha value is -3.46. The van der Waals surface area contributed by atoms with Gasteiger partial charge in [0.05, 0.1) is 30.1 Å². The van der Waals surface area contributed by atoms with Crippen LogP contribution in [0.2, 0.25) is 0 Å². The highest BCUT2D eigenvalue weighted by atomic mass is 15.3. The summed E-state index contributed by atoms with van der Waals surface area (Å²) in [5, 5.41) is 18.0. The third-order valence-corrected chi connectivity index (χ3v) is 4.51. The van der Waals surface area contributed by atoms with E-state index in [0.29, 0.717) is 11.6 Å². The maximum atomic E-state index is 9.09. The lowest BCUT2D eigenvalue weighted by Gasteiger charge is -2.01. The predicted molar refractivity (Wildman–Crippen MR) is 92.6 cm³/mol. The molecule has 0 amide bonds. The van der Waals surface area contributed by atoms with Crippen LogP contribution < -0.4 is 0 Å². The Balaban J connectivity index is 1.56. The minimum Gasteiger partial charge on any atom is -0.269 e. The van der Waals surface area contributed by atoms with Gasteiger partial charge in [-0.2, -0.15) is 15.5 Å². The van der Waals surface area contributed by atoms with E-state index in [1.54, 1.807) is 16.8 Å². The Labute approximate surface area is 144 Å². The zero-order valence-corrected chi connectivity index (χ0v) is 13.4. The van der Waals surface area contributed by atoms with Crippen molar-refractivity contribution in [2.45, 2.75) is 18.9 Å². The van der Waals surface area contributed by atoms with E-state index >= 15 is 0 Å². The first-order valence-electron chi connectivity index (χ1n) is 8.20.